The van der Waals surface area contributed by atoms with Gasteiger partial charge in [-0.15, -0.1) is 11.3 Å². The molecule has 5 heteroatoms. The molecule has 13 aromatic rings. The number of aromatic nitrogens is 3. The minimum Gasteiger partial charge on any atom is -0.454 e. The lowest BCUT2D eigenvalue weighted by atomic mass is 9.98. The molecule has 0 N–H and O–H groups in total. The van der Waals surface area contributed by atoms with Gasteiger partial charge in [-0.25, -0.2) is 9.97 Å². The molecule has 4 nitrogen and oxygen atoms in total. The molecule has 0 bridgehead atoms. The van der Waals surface area contributed by atoms with Crippen LogP contribution < -0.4 is 0 Å². The molecule has 264 valence electrons. The Bertz CT molecular complexity index is 3820. The van der Waals surface area contributed by atoms with E-state index in [-0.39, 0.29) is 0 Å². The zero-order chi connectivity index (χ0) is 37.2. The monoisotopic (exact) mass is 743 g/mol. The Morgan fingerprint density at radius 2 is 1.16 bits per heavy atom. The van der Waals surface area contributed by atoms with E-state index in [0.29, 0.717) is 5.95 Å². The molecule has 9 aromatic carbocycles. The molecule has 13 rings (SSSR count). The first-order valence-corrected chi connectivity index (χ1v) is 20.0. The van der Waals surface area contributed by atoms with Gasteiger partial charge in [0.05, 0.1) is 16.7 Å². The zero-order valence-corrected chi connectivity index (χ0v) is 31.2. The molecule has 0 saturated carbocycles. The summed E-state index contributed by atoms with van der Waals surface area (Å²) in [5.74, 6) is 0.614. The Labute approximate surface area is 329 Å². The van der Waals surface area contributed by atoms with E-state index in [1.807, 2.05) is 11.3 Å². The average Bonchev–Trinajstić information content (AvgIpc) is 3.96. The summed E-state index contributed by atoms with van der Waals surface area (Å²) in [6.45, 7) is 0. The number of rotatable bonds is 3. The Hall–Kier alpha value is -7.34. The topological polar surface area (TPSA) is 43.9 Å². The summed E-state index contributed by atoms with van der Waals surface area (Å²) >= 11 is 1.84. The molecular weight excluding hydrogens is 715 g/mol. The predicted octanol–water partition coefficient (Wildman–Crippen LogP) is 14.6. The van der Waals surface area contributed by atoms with E-state index in [0.717, 1.165) is 65.9 Å². The fourth-order valence-electron chi connectivity index (χ4n) is 9.21. The molecule has 0 amide bonds. The first-order chi connectivity index (χ1) is 28.2. The second-order valence-corrected chi connectivity index (χ2v) is 16.0. The fourth-order valence-corrected chi connectivity index (χ4v) is 10.4. The van der Waals surface area contributed by atoms with Crippen LogP contribution in [-0.4, -0.2) is 14.5 Å². The molecule has 0 atom stereocenters. The molecule has 0 aliphatic carbocycles. The van der Waals surface area contributed by atoms with Crippen molar-refractivity contribution in [2.24, 2.45) is 0 Å². The van der Waals surface area contributed by atoms with Crippen molar-refractivity contribution in [1.29, 1.82) is 0 Å². The van der Waals surface area contributed by atoms with Crippen LogP contribution in [0.25, 0.3) is 125 Å². The molecule has 0 aliphatic rings. The molecule has 0 fully saturated rings. The van der Waals surface area contributed by atoms with Crippen molar-refractivity contribution in [2.75, 3.05) is 0 Å². The van der Waals surface area contributed by atoms with Gasteiger partial charge in [0.15, 0.2) is 5.58 Å². The number of hydrogen-bond acceptors (Lipinski definition) is 4. The molecule has 4 heterocycles. The van der Waals surface area contributed by atoms with Crippen molar-refractivity contribution in [2.45, 2.75) is 0 Å². The second-order valence-electron chi connectivity index (χ2n) is 14.9. The van der Waals surface area contributed by atoms with E-state index in [9.17, 15) is 0 Å². The van der Waals surface area contributed by atoms with E-state index in [4.69, 9.17) is 14.4 Å². The van der Waals surface area contributed by atoms with Crippen molar-refractivity contribution < 1.29 is 4.42 Å². The lowest BCUT2D eigenvalue weighted by Crippen LogP contribution is -2.03. The maximum absolute atomic E-state index is 6.92. The third-order valence-corrected chi connectivity index (χ3v) is 12.9. The van der Waals surface area contributed by atoms with Gasteiger partial charge >= 0.3 is 0 Å². The summed E-state index contributed by atoms with van der Waals surface area (Å²) in [5, 5.41) is 12.9. The normalized spacial score (nSPS) is 12.2. The molecular formula is C52H29N3OS. The molecule has 4 aromatic heterocycles. The number of thiophene rings is 1. The summed E-state index contributed by atoms with van der Waals surface area (Å²) in [6, 6.07) is 62.9. The minimum absolute atomic E-state index is 0.614. The van der Waals surface area contributed by atoms with Crippen molar-refractivity contribution in [3.63, 3.8) is 0 Å². The first kappa shape index (κ1) is 30.9. The number of nitrogens with zero attached hydrogens (tertiary/aromatic N) is 3. The van der Waals surface area contributed by atoms with Crippen LogP contribution in [0, 0.1) is 0 Å². The van der Waals surface area contributed by atoms with Crippen molar-refractivity contribution >= 4 is 108 Å². The largest absolute Gasteiger partial charge is 0.454 e. The van der Waals surface area contributed by atoms with Crippen LogP contribution in [0.3, 0.4) is 0 Å². The van der Waals surface area contributed by atoms with Crippen LogP contribution in [0.5, 0.6) is 0 Å². The number of hydrogen-bond donors (Lipinski definition) is 0. The number of para-hydroxylation sites is 2. The van der Waals surface area contributed by atoms with Crippen LogP contribution in [0.15, 0.2) is 180 Å². The van der Waals surface area contributed by atoms with E-state index in [1.54, 1.807) is 0 Å². The van der Waals surface area contributed by atoms with Crippen molar-refractivity contribution in [3.8, 4) is 28.3 Å². The Balaban J connectivity index is 1.07. The third-order valence-electron chi connectivity index (χ3n) is 11.8. The highest BCUT2D eigenvalue weighted by molar-refractivity contribution is 7.26. The molecule has 0 saturated heterocycles. The predicted molar refractivity (Wildman–Crippen MR) is 240 cm³/mol. The number of benzene rings is 9. The van der Waals surface area contributed by atoms with Crippen molar-refractivity contribution in [3.05, 3.63) is 176 Å². The summed E-state index contributed by atoms with van der Waals surface area (Å²) in [6.07, 6.45) is 0. The van der Waals surface area contributed by atoms with Gasteiger partial charge < -0.3 is 4.42 Å². The lowest BCUT2D eigenvalue weighted by molar-refractivity contribution is 0.671. The Morgan fingerprint density at radius 1 is 0.439 bits per heavy atom. The van der Waals surface area contributed by atoms with Gasteiger partial charge in [0.25, 0.3) is 0 Å². The van der Waals surface area contributed by atoms with Gasteiger partial charge in [-0.05, 0) is 75.1 Å². The summed E-state index contributed by atoms with van der Waals surface area (Å²) in [7, 11) is 0. The molecule has 0 spiro atoms. The maximum Gasteiger partial charge on any atom is 0.235 e. The van der Waals surface area contributed by atoms with Gasteiger partial charge in [0.1, 0.15) is 11.1 Å². The van der Waals surface area contributed by atoms with Gasteiger partial charge in [0, 0.05) is 52.7 Å². The average molecular weight is 744 g/mol. The van der Waals surface area contributed by atoms with Gasteiger partial charge in [0.2, 0.25) is 5.95 Å². The highest BCUT2D eigenvalue weighted by Gasteiger charge is 2.23. The Morgan fingerprint density at radius 3 is 2.09 bits per heavy atom. The molecule has 0 unspecified atom stereocenters. The fraction of sp³-hybridized carbons (Fsp3) is 0. The van der Waals surface area contributed by atoms with Crippen LogP contribution in [0.4, 0.5) is 0 Å². The minimum atomic E-state index is 0.614. The zero-order valence-electron chi connectivity index (χ0n) is 30.4. The Kier molecular flexibility index (Phi) is 6.29. The SMILES string of the molecule is c1ccc(-c2ccc3c(ccc4oc5c(ccc6c7ccccc7n(-c7nc(-c8ccc9c(c8)sc8ccc%10ccccc%10c89)c8ccccc8n7)c65)c43)c2)cc1. The van der Waals surface area contributed by atoms with E-state index in [2.05, 4.69) is 180 Å². The highest BCUT2D eigenvalue weighted by Crippen LogP contribution is 2.44. The lowest BCUT2D eigenvalue weighted by Gasteiger charge is -2.12. The molecule has 0 radical (unpaired) electrons. The summed E-state index contributed by atoms with van der Waals surface area (Å²) in [5.41, 5.74) is 8.95. The summed E-state index contributed by atoms with van der Waals surface area (Å²) in [4.78, 5) is 10.8. The van der Waals surface area contributed by atoms with Gasteiger partial charge in [-0.2, -0.15) is 0 Å². The van der Waals surface area contributed by atoms with Crippen LogP contribution in [-0.2, 0) is 0 Å². The van der Waals surface area contributed by atoms with Gasteiger partial charge in [-0.3, -0.25) is 4.57 Å². The highest BCUT2D eigenvalue weighted by atomic mass is 32.1. The molecule has 57 heavy (non-hydrogen) atoms. The van der Waals surface area contributed by atoms with Crippen LogP contribution in [0.1, 0.15) is 0 Å². The van der Waals surface area contributed by atoms with E-state index >= 15 is 0 Å². The van der Waals surface area contributed by atoms with E-state index < -0.39 is 0 Å². The maximum atomic E-state index is 6.92. The third kappa shape index (κ3) is 4.43. The number of fused-ring (bicyclic) bond motifs is 15. The van der Waals surface area contributed by atoms with Crippen molar-refractivity contribution in [1.82, 2.24) is 14.5 Å². The molecule has 0 aliphatic heterocycles. The number of furan rings is 1. The second kappa shape index (κ2) is 11.6. The standard InChI is InChI=1S/C52H29N3OS/c1-2-10-30(11-3-1)32-18-22-36-33(28-32)20-26-44-47(36)41-25-24-38-37-14-7-9-17-43(37)55(50(38)51(41)56-44)52-53-42-16-8-6-15-39(42)49(54-52)34-19-23-40-46(29-34)57-45-27-21-31-12-4-5-13-35(31)48(40)45/h1-29H. The van der Waals surface area contributed by atoms with Gasteiger partial charge in [-0.1, -0.05) is 133 Å². The van der Waals surface area contributed by atoms with E-state index in [1.165, 1.54) is 52.8 Å². The smallest absolute Gasteiger partial charge is 0.235 e. The first-order valence-electron chi connectivity index (χ1n) is 19.2. The van der Waals surface area contributed by atoms with Crippen LogP contribution in [0.2, 0.25) is 0 Å². The quantitative estimate of drug-likeness (QED) is 0.181. The van der Waals surface area contributed by atoms with Crippen LogP contribution >= 0.6 is 11.3 Å². The summed E-state index contributed by atoms with van der Waals surface area (Å²) < 4.78 is 11.7.